The van der Waals surface area contributed by atoms with Gasteiger partial charge in [0.1, 0.15) is 0 Å². The van der Waals surface area contributed by atoms with Gasteiger partial charge in [-0.1, -0.05) is 18.2 Å². The van der Waals surface area contributed by atoms with Crippen molar-refractivity contribution in [3.8, 4) is 0 Å². The van der Waals surface area contributed by atoms with E-state index >= 15 is 0 Å². The van der Waals surface area contributed by atoms with E-state index in [1.165, 1.54) is 4.68 Å². The summed E-state index contributed by atoms with van der Waals surface area (Å²) in [7, 11) is 1.58. The fraction of sp³-hybridized carbons (Fsp3) is 0.474. The maximum atomic E-state index is 12.5. The molecule has 0 aliphatic carbocycles. The van der Waals surface area contributed by atoms with Gasteiger partial charge in [0.2, 0.25) is 5.91 Å². The van der Waals surface area contributed by atoms with Crippen molar-refractivity contribution in [2.75, 3.05) is 19.7 Å². The van der Waals surface area contributed by atoms with Gasteiger partial charge in [0.05, 0.1) is 24.1 Å². The zero-order valence-corrected chi connectivity index (χ0v) is 15.6. The van der Waals surface area contributed by atoms with Crippen molar-refractivity contribution in [3.63, 3.8) is 0 Å². The summed E-state index contributed by atoms with van der Waals surface area (Å²) in [5.74, 6) is -0.138. The summed E-state index contributed by atoms with van der Waals surface area (Å²) < 4.78 is 6.27. The van der Waals surface area contributed by atoms with E-state index < -0.39 is 0 Å². The summed E-state index contributed by atoms with van der Waals surface area (Å²) in [6.07, 6.45) is 1.17. The number of aromatic nitrogens is 2. The second kappa shape index (κ2) is 8.20. The fourth-order valence-corrected chi connectivity index (χ4v) is 3.36. The summed E-state index contributed by atoms with van der Waals surface area (Å²) in [6, 6.07) is 7.19. The lowest BCUT2D eigenvalue weighted by Gasteiger charge is -2.31. The second-order valence-electron chi connectivity index (χ2n) is 6.63. The number of carbonyl (C=O) groups excluding carboxylic acids is 2. The molecule has 0 saturated carbocycles. The molecule has 1 N–H and O–H groups in total. The van der Waals surface area contributed by atoms with Gasteiger partial charge < -0.3 is 15.0 Å². The Bertz CT molecular complexity index is 900. The minimum Gasteiger partial charge on any atom is -0.450 e. The predicted molar refractivity (Wildman–Crippen MR) is 100 cm³/mol. The molecule has 0 bridgehead atoms. The van der Waals surface area contributed by atoms with Gasteiger partial charge in [-0.15, -0.1) is 0 Å². The van der Waals surface area contributed by atoms with Crippen molar-refractivity contribution >= 4 is 22.8 Å². The minimum absolute atomic E-state index is 0.0157. The Balaban J connectivity index is 1.63. The molecular weight excluding hydrogens is 348 g/mol. The quantitative estimate of drug-likeness (QED) is 0.871. The van der Waals surface area contributed by atoms with E-state index in [-0.39, 0.29) is 30.0 Å². The molecule has 0 spiro atoms. The number of likely N-dealkylation sites (tertiary alicyclic amines) is 1. The van der Waals surface area contributed by atoms with Crippen LogP contribution in [0.25, 0.3) is 10.8 Å². The van der Waals surface area contributed by atoms with Gasteiger partial charge in [-0.3, -0.25) is 9.59 Å². The Kier molecular flexibility index (Phi) is 5.73. The third-order valence-electron chi connectivity index (χ3n) is 4.75. The van der Waals surface area contributed by atoms with Gasteiger partial charge in [0, 0.05) is 31.6 Å². The van der Waals surface area contributed by atoms with Crippen LogP contribution < -0.4 is 10.9 Å². The van der Waals surface area contributed by atoms with Crippen LogP contribution in [0.15, 0.2) is 29.1 Å². The van der Waals surface area contributed by atoms with Crippen LogP contribution in [0.5, 0.6) is 0 Å². The standard InChI is InChI=1S/C19H24N4O4/c1-3-27-19(26)23-10-8-13(9-11-23)20-17(24)12-16-14-6-4-5-7-15(14)18(25)22(2)21-16/h4-7,13H,3,8-12H2,1-2H3,(H,20,24). The van der Waals surface area contributed by atoms with Crippen molar-refractivity contribution in [1.82, 2.24) is 20.0 Å². The highest BCUT2D eigenvalue weighted by Gasteiger charge is 2.25. The highest BCUT2D eigenvalue weighted by molar-refractivity contribution is 5.88. The number of ether oxygens (including phenoxy) is 1. The Labute approximate surface area is 157 Å². The van der Waals surface area contributed by atoms with Crippen LogP contribution >= 0.6 is 0 Å². The molecule has 144 valence electrons. The molecule has 0 atom stereocenters. The van der Waals surface area contributed by atoms with Gasteiger partial charge in [0.15, 0.2) is 0 Å². The number of carbonyl (C=O) groups is 2. The molecule has 2 aromatic rings. The van der Waals surface area contributed by atoms with E-state index in [0.717, 1.165) is 0 Å². The number of hydrogen-bond donors (Lipinski definition) is 1. The van der Waals surface area contributed by atoms with Crippen LogP contribution in [0, 0.1) is 0 Å². The number of rotatable bonds is 4. The number of benzene rings is 1. The summed E-state index contributed by atoms with van der Waals surface area (Å²) in [5.41, 5.74) is 0.398. The number of hydrogen-bond acceptors (Lipinski definition) is 5. The van der Waals surface area contributed by atoms with E-state index in [9.17, 15) is 14.4 Å². The SMILES string of the molecule is CCOC(=O)N1CCC(NC(=O)Cc2nn(C)c(=O)c3ccccc23)CC1. The van der Waals surface area contributed by atoms with Crippen molar-refractivity contribution in [2.45, 2.75) is 32.2 Å². The van der Waals surface area contributed by atoms with Crippen LogP contribution in [-0.2, 0) is 23.0 Å². The Morgan fingerprint density at radius 1 is 1.22 bits per heavy atom. The molecule has 2 amide bonds. The Hall–Kier alpha value is -2.90. The first-order valence-corrected chi connectivity index (χ1v) is 9.15. The lowest BCUT2D eigenvalue weighted by molar-refractivity contribution is -0.121. The Morgan fingerprint density at radius 2 is 1.89 bits per heavy atom. The third-order valence-corrected chi connectivity index (χ3v) is 4.75. The Morgan fingerprint density at radius 3 is 2.56 bits per heavy atom. The number of fused-ring (bicyclic) bond motifs is 1. The largest absolute Gasteiger partial charge is 0.450 e. The second-order valence-corrected chi connectivity index (χ2v) is 6.63. The highest BCUT2D eigenvalue weighted by atomic mass is 16.6. The number of amides is 2. The summed E-state index contributed by atoms with van der Waals surface area (Å²) >= 11 is 0. The number of piperidine rings is 1. The first-order valence-electron chi connectivity index (χ1n) is 9.15. The topological polar surface area (TPSA) is 93.5 Å². The summed E-state index contributed by atoms with van der Waals surface area (Å²) in [5, 5.41) is 8.53. The molecule has 1 aliphatic heterocycles. The van der Waals surface area contributed by atoms with E-state index in [1.54, 1.807) is 31.0 Å². The zero-order valence-electron chi connectivity index (χ0n) is 15.6. The highest BCUT2D eigenvalue weighted by Crippen LogP contribution is 2.15. The smallest absolute Gasteiger partial charge is 0.409 e. The third kappa shape index (κ3) is 4.27. The van der Waals surface area contributed by atoms with E-state index in [0.29, 0.717) is 49.0 Å². The van der Waals surface area contributed by atoms with Crippen molar-refractivity contribution < 1.29 is 14.3 Å². The van der Waals surface area contributed by atoms with Crippen LogP contribution in [0.3, 0.4) is 0 Å². The zero-order chi connectivity index (χ0) is 19.4. The minimum atomic E-state index is -0.303. The average molecular weight is 372 g/mol. The summed E-state index contributed by atoms with van der Waals surface area (Å²) in [6.45, 7) is 3.26. The molecule has 1 aromatic carbocycles. The first-order chi connectivity index (χ1) is 13.0. The van der Waals surface area contributed by atoms with Crippen molar-refractivity contribution in [3.05, 3.63) is 40.3 Å². The number of aryl methyl sites for hydroxylation is 1. The van der Waals surface area contributed by atoms with Gasteiger partial charge in [-0.25, -0.2) is 9.48 Å². The van der Waals surface area contributed by atoms with Gasteiger partial charge >= 0.3 is 6.09 Å². The molecule has 1 fully saturated rings. The van der Waals surface area contributed by atoms with Crippen molar-refractivity contribution in [2.24, 2.45) is 7.05 Å². The number of nitrogens with one attached hydrogen (secondary N) is 1. The predicted octanol–water partition coefficient (Wildman–Crippen LogP) is 1.21. The van der Waals surface area contributed by atoms with Crippen LogP contribution in [0.1, 0.15) is 25.5 Å². The molecule has 8 nitrogen and oxygen atoms in total. The molecule has 8 heteroatoms. The lowest BCUT2D eigenvalue weighted by Crippen LogP contribution is -2.47. The van der Waals surface area contributed by atoms with E-state index in [4.69, 9.17) is 4.74 Å². The van der Waals surface area contributed by atoms with Gasteiger partial charge in [-0.05, 0) is 25.8 Å². The maximum Gasteiger partial charge on any atom is 0.409 e. The molecule has 1 aliphatic rings. The maximum absolute atomic E-state index is 12.5. The lowest BCUT2D eigenvalue weighted by atomic mass is 10.0. The molecule has 2 heterocycles. The molecule has 1 saturated heterocycles. The molecule has 1 aromatic heterocycles. The fourth-order valence-electron chi connectivity index (χ4n) is 3.36. The summed E-state index contributed by atoms with van der Waals surface area (Å²) in [4.78, 5) is 38.1. The molecular formula is C19H24N4O4. The number of nitrogens with zero attached hydrogens (tertiary/aromatic N) is 3. The van der Waals surface area contributed by atoms with Crippen LogP contribution in [-0.4, -0.2) is 52.4 Å². The van der Waals surface area contributed by atoms with Crippen LogP contribution in [0.2, 0.25) is 0 Å². The average Bonchev–Trinajstić information content (AvgIpc) is 2.66. The molecule has 27 heavy (non-hydrogen) atoms. The first kappa shape index (κ1) is 18.9. The monoisotopic (exact) mass is 372 g/mol. The normalized spacial score (nSPS) is 15.0. The van der Waals surface area contributed by atoms with E-state index in [2.05, 4.69) is 10.4 Å². The molecule has 0 radical (unpaired) electrons. The van der Waals surface area contributed by atoms with Gasteiger partial charge in [-0.2, -0.15) is 5.10 Å². The van der Waals surface area contributed by atoms with E-state index in [1.807, 2.05) is 12.1 Å². The van der Waals surface area contributed by atoms with Crippen molar-refractivity contribution in [1.29, 1.82) is 0 Å². The molecule has 0 unspecified atom stereocenters. The van der Waals surface area contributed by atoms with Crippen LogP contribution in [0.4, 0.5) is 4.79 Å². The molecule has 3 rings (SSSR count). The van der Waals surface area contributed by atoms with Gasteiger partial charge in [0.25, 0.3) is 5.56 Å².